The number of fused-ring (bicyclic) bond motifs is 3. The van der Waals surface area contributed by atoms with Crippen LogP contribution in [0.3, 0.4) is 0 Å². The Bertz CT molecular complexity index is 2200. The van der Waals surface area contributed by atoms with E-state index in [1.807, 2.05) is 55.7 Å². The zero-order valence-electron chi connectivity index (χ0n) is 24.1. The number of carbonyl (C=O) groups is 2. The lowest BCUT2D eigenvalue weighted by Crippen LogP contribution is -2.15. The molecule has 0 saturated carbocycles. The number of nitrogens with zero attached hydrogens (tertiary/aromatic N) is 1. The molecule has 0 spiro atoms. The van der Waals surface area contributed by atoms with Crippen molar-refractivity contribution in [2.45, 2.75) is 19.8 Å². The number of H-pyrrole nitrogens is 2. The minimum atomic E-state index is -0.429. The summed E-state index contributed by atoms with van der Waals surface area (Å²) in [5.74, 6) is 0.443. The van der Waals surface area contributed by atoms with Crippen LogP contribution in [0.25, 0.3) is 32.7 Å². The number of rotatable bonds is 7. The third-order valence-electron chi connectivity index (χ3n) is 8.18. The van der Waals surface area contributed by atoms with E-state index in [0.29, 0.717) is 38.9 Å². The van der Waals surface area contributed by atoms with Gasteiger partial charge in [-0.25, -0.2) is 0 Å². The van der Waals surface area contributed by atoms with Gasteiger partial charge >= 0.3 is 5.97 Å². The smallest absolute Gasteiger partial charge is 0.315 e. The Hall–Kier alpha value is -5.27. The minimum absolute atomic E-state index is 0.0240. The zero-order chi connectivity index (χ0) is 30.4. The van der Waals surface area contributed by atoms with Crippen molar-refractivity contribution < 1.29 is 19.1 Å². The predicted molar refractivity (Wildman–Crippen MR) is 173 cm³/mol. The number of aromatic nitrogens is 3. The highest BCUT2D eigenvalue weighted by molar-refractivity contribution is 6.30. The SMILES string of the molecule is COc1ccc2c(c1)c(CC(=O)Oc1ccc3[nH]cc(Cc4c[nH]c5ccccc45)c3c1)c(C)n2C(=O)c1ccc(Cl)cc1. The van der Waals surface area contributed by atoms with Crippen LogP contribution < -0.4 is 9.47 Å². The molecule has 44 heavy (non-hydrogen) atoms. The van der Waals surface area contributed by atoms with Crippen LogP contribution in [0.5, 0.6) is 11.5 Å². The average Bonchev–Trinajstić information content (AvgIpc) is 3.71. The Balaban J connectivity index is 1.18. The molecular weight excluding hydrogens is 574 g/mol. The fraction of sp³-hybridized carbons (Fsp3) is 0.111. The van der Waals surface area contributed by atoms with Crippen molar-refractivity contribution in [2.75, 3.05) is 7.11 Å². The molecule has 218 valence electrons. The number of carbonyl (C=O) groups excluding carboxylic acids is 2. The molecule has 0 bridgehead atoms. The van der Waals surface area contributed by atoms with E-state index in [-0.39, 0.29) is 12.3 Å². The number of esters is 1. The first-order chi connectivity index (χ1) is 21.4. The normalized spacial score (nSPS) is 11.4. The van der Waals surface area contributed by atoms with Gasteiger partial charge in [-0.1, -0.05) is 29.8 Å². The van der Waals surface area contributed by atoms with Gasteiger partial charge in [0.1, 0.15) is 11.5 Å². The molecule has 8 heteroatoms. The van der Waals surface area contributed by atoms with E-state index in [9.17, 15) is 9.59 Å². The lowest BCUT2D eigenvalue weighted by Gasteiger charge is -2.08. The molecule has 7 aromatic rings. The molecule has 0 unspecified atom stereocenters. The van der Waals surface area contributed by atoms with E-state index >= 15 is 0 Å². The Morgan fingerprint density at radius 3 is 2.25 bits per heavy atom. The standard InChI is InChI=1S/C36H28ClN3O4/c1-21-29(31-16-26(43-2)12-14-34(31)40(21)36(42)22-7-9-25(37)10-8-22)18-35(41)44-27-11-13-33-30(17-27)24(20-39-33)15-23-19-38-32-6-4-3-5-28(23)32/h3-14,16-17,19-20,38-39H,15,18H2,1-2H3. The van der Waals surface area contributed by atoms with Crippen LogP contribution in [0.15, 0.2) is 97.3 Å². The number of hydrogen-bond acceptors (Lipinski definition) is 4. The number of benzene rings is 4. The molecule has 7 rings (SSSR count). The number of aromatic amines is 2. The van der Waals surface area contributed by atoms with E-state index in [1.165, 1.54) is 10.9 Å². The van der Waals surface area contributed by atoms with Crippen LogP contribution in [0.2, 0.25) is 5.02 Å². The van der Waals surface area contributed by atoms with Gasteiger partial charge in [0.25, 0.3) is 5.91 Å². The van der Waals surface area contributed by atoms with Crippen molar-refractivity contribution in [1.29, 1.82) is 0 Å². The number of nitrogens with one attached hydrogen (secondary N) is 2. The van der Waals surface area contributed by atoms with Gasteiger partial charge in [0.15, 0.2) is 0 Å². The molecule has 3 aromatic heterocycles. The number of para-hydroxylation sites is 1. The molecule has 2 N–H and O–H groups in total. The lowest BCUT2D eigenvalue weighted by atomic mass is 10.0. The highest BCUT2D eigenvalue weighted by atomic mass is 35.5. The molecule has 0 amide bonds. The van der Waals surface area contributed by atoms with Gasteiger partial charge in [-0.05, 0) is 90.3 Å². The minimum Gasteiger partial charge on any atom is -0.497 e. The van der Waals surface area contributed by atoms with Crippen molar-refractivity contribution in [3.05, 3.63) is 130 Å². The summed E-state index contributed by atoms with van der Waals surface area (Å²) < 4.78 is 13.0. The van der Waals surface area contributed by atoms with Gasteiger partial charge in [-0.2, -0.15) is 0 Å². The zero-order valence-corrected chi connectivity index (χ0v) is 24.9. The second-order valence-corrected chi connectivity index (χ2v) is 11.2. The van der Waals surface area contributed by atoms with Gasteiger partial charge in [0, 0.05) is 62.3 Å². The van der Waals surface area contributed by atoms with Gasteiger partial charge in [-0.3, -0.25) is 14.2 Å². The van der Waals surface area contributed by atoms with Crippen LogP contribution in [0.1, 0.15) is 32.7 Å². The summed E-state index contributed by atoms with van der Waals surface area (Å²) >= 11 is 6.05. The highest BCUT2D eigenvalue weighted by Crippen LogP contribution is 2.32. The quantitative estimate of drug-likeness (QED) is 0.143. The molecule has 0 aliphatic carbocycles. The molecule has 4 aromatic carbocycles. The number of hydrogen-bond donors (Lipinski definition) is 2. The summed E-state index contributed by atoms with van der Waals surface area (Å²) in [4.78, 5) is 33.7. The van der Waals surface area contributed by atoms with E-state index in [1.54, 1.807) is 48.1 Å². The fourth-order valence-corrected chi connectivity index (χ4v) is 6.08. The van der Waals surface area contributed by atoms with Crippen LogP contribution in [0, 0.1) is 6.92 Å². The van der Waals surface area contributed by atoms with Crippen LogP contribution >= 0.6 is 11.6 Å². The summed E-state index contributed by atoms with van der Waals surface area (Å²) in [5.41, 5.74) is 6.90. The van der Waals surface area contributed by atoms with Crippen LogP contribution in [0.4, 0.5) is 0 Å². The van der Waals surface area contributed by atoms with Crippen molar-refractivity contribution in [3.8, 4) is 11.5 Å². The maximum Gasteiger partial charge on any atom is 0.315 e. The summed E-state index contributed by atoms with van der Waals surface area (Å²) in [5, 5.41) is 3.48. The van der Waals surface area contributed by atoms with E-state index < -0.39 is 5.97 Å². The molecule has 7 nitrogen and oxygen atoms in total. The molecule has 0 fully saturated rings. The molecule has 0 aliphatic heterocycles. The first kappa shape index (κ1) is 27.6. The first-order valence-electron chi connectivity index (χ1n) is 14.2. The first-order valence-corrected chi connectivity index (χ1v) is 14.6. The molecule has 3 heterocycles. The van der Waals surface area contributed by atoms with E-state index in [4.69, 9.17) is 21.1 Å². The van der Waals surface area contributed by atoms with Gasteiger partial charge in [0.05, 0.1) is 19.0 Å². The van der Waals surface area contributed by atoms with Crippen molar-refractivity contribution in [1.82, 2.24) is 14.5 Å². The number of methoxy groups -OCH3 is 1. The fourth-order valence-electron chi connectivity index (χ4n) is 5.96. The van der Waals surface area contributed by atoms with Gasteiger partial charge in [-0.15, -0.1) is 0 Å². The molecular formula is C36H28ClN3O4. The third kappa shape index (κ3) is 4.91. The summed E-state index contributed by atoms with van der Waals surface area (Å²) in [7, 11) is 1.59. The van der Waals surface area contributed by atoms with Crippen molar-refractivity contribution >= 4 is 56.2 Å². The number of halogens is 1. The Morgan fingerprint density at radius 2 is 1.48 bits per heavy atom. The Labute approximate surface area is 258 Å². The van der Waals surface area contributed by atoms with Gasteiger partial charge in [0.2, 0.25) is 0 Å². The second kappa shape index (κ2) is 11.1. The number of ether oxygens (including phenoxy) is 2. The van der Waals surface area contributed by atoms with Crippen LogP contribution in [-0.2, 0) is 17.6 Å². The maximum absolute atomic E-state index is 13.6. The monoisotopic (exact) mass is 601 g/mol. The van der Waals surface area contributed by atoms with E-state index in [2.05, 4.69) is 22.1 Å². The molecule has 0 atom stereocenters. The Kier molecular flexibility index (Phi) is 6.95. The van der Waals surface area contributed by atoms with Crippen molar-refractivity contribution in [3.63, 3.8) is 0 Å². The summed E-state index contributed by atoms with van der Waals surface area (Å²) in [6.07, 6.45) is 4.74. The van der Waals surface area contributed by atoms with E-state index in [0.717, 1.165) is 33.8 Å². The Morgan fingerprint density at radius 1 is 0.795 bits per heavy atom. The summed E-state index contributed by atoms with van der Waals surface area (Å²) in [6.45, 7) is 1.84. The highest BCUT2D eigenvalue weighted by Gasteiger charge is 2.23. The second-order valence-electron chi connectivity index (χ2n) is 10.8. The maximum atomic E-state index is 13.6. The molecule has 0 saturated heterocycles. The topological polar surface area (TPSA) is 89.1 Å². The van der Waals surface area contributed by atoms with Crippen LogP contribution in [-0.4, -0.2) is 33.5 Å². The lowest BCUT2D eigenvalue weighted by molar-refractivity contribution is -0.133. The molecule has 0 radical (unpaired) electrons. The summed E-state index contributed by atoms with van der Waals surface area (Å²) in [6, 6.07) is 26.1. The largest absolute Gasteiger partial charge is 0.497 e. The third-order valence-corrected chi connectivity index (χ3v) is 8.44. The van der Waals surface area contributed by atoms with Gasteiger partial charge < -0.3 is 19.4 Å². The van der Waals surface area contributed by atoms with Crippen molar-refractivity contribution in [2.24, 2.45) is 0 Å². The predicted octanol–water partition coefficient (Wildman–Crippen LogP) is 8.00. The average molecular weight is 602 g/mol. The molecule has 0 aliphatic rings.